The van der Waals surface area contributed by atoms with Crippen molar-refractivity contribution in [1.82, 2.24) is 4.98 Å². The van der Waals surface area contributed by atoms with Gasteiger partial charge in [0.2, 0.25) is 0 Å². The summed E-state index contributed by atoms with van der Waals surface area (Å²) in [4.78, 5) is 3.93. The second-order valence-electron chi connectivity index (χ2n) is 4.09. The van der Waals surface area contributed by atoms with E-state index in [9.17, 15) is 0 Å². The van der Waals surface area contributed by atoms with Crippen LogP contribution in [0.4, 0.5) is 0 Å². The van der Waals surface area contributed by atoms with Crippen molar-refractivity contribution in [2.24, 2.45) is 5.16 Å². The Kier molecular flexibility index (Phi) is 3.11. The Morgan fingerprint density at radius 1 is 1.50 bits per heavy atom. The average Bonchev–Trinajstić information content (AvgIpc) is 2.07. The normalized spacial score (nSPS) is 12.3. The fraction of sp³-hybridized carbons (Fsp3) is 0.400. The molecule has 0 spiro atoms. The summed E-state index contributed by atoms with van der Waals surface area (Å²) in [7, 11) is 0. The Bertz CT molecular complexity index is 356. The van der Waals surface area contributed by atoms with E-state index in [2.05, 4.69) is 30.9 Å². The molecule has 76 valence electrons. The number of halogens is 1. The molecule has 0 amide bonds. The first-order valence-electron chi connectivity index (χ1n) is 4.28. The molecule has 0 atom stereocenters. The van der Waals surface area contributed by atoms with Gasteiger partial charge >= 0.3 is 0 Å². The summed E-state index contributed by atoms with van der Waals surface area (Å²) in [6.45, 7) is 6.19. The van der Waals surface area contributed by atoms with Gasteiger partial charge in [-0.05, 0) is 17.0 Å². The van der Waals surface area contributed by atoms with E-state index in [1.807, 2.05) is 0 Å². The Balaban J connectivity index is 3.30. The molecule has 1 N–H and O–H groups in total. The molecule has 0 aliphatic rings. The minimum atomic E-state index is -0.0525. The lowest BCUT2D eigenvalue weighted by molar-refractivity contribution is 0.321. The molecule has 14 heavy (non-hydrogen) atoms. The summed E-state index contributed by atoms with van der Waals surface area (Å²) in [5.74, 6) is 0. The van der Waals surface area contributed by atoms with Crippen LogP contribution in [0.3, 0.4) is 0 Å². The largest absolute Gasteiger partial charge is 0.411 e. The lowest BCUT2D eigenvalue weighted by Gasteiger charge is -2.21. The van der Waals surface area contributed by atoms with Crippen molar-refractivity contribution in [3.63, 3.8) is 0 Å². The number of rotatable bonds is 1. The first kappa shape index (κ1) is 11.0. The van der Waals surface area contributed by atoms with E-state index in [4.69, 9.17) is 16.8 Å². The van der Waals surface area contributed by atoms with Gasteiger partial charge < -0.3 is 5.21 Å². The van der Waals surface area contributed by atoms with Gasteiger partial charge in [-0.25, -0.2) is 4.98 Å². The van der Waals surface area contributed by atoms with Crippen LogP contribution in [0.1, 0.15) is 31.9 Å². The van der Waals surface area contributed by atoms with Crippen molar-refractivity contribution in [1.29, 1.82) is 0 Å². The van der Waals surface area contributed by atoms with Crippen LogP contribution in [0.5, 0.6) is 0 Å². The highest BCUT2D eigenvalue weighted by molar-refractivity contribution is 6.29. The highest BCUT2D eigenvalue weighted by Crippen LogP contribution is 2.26. The lowest BCUT2D eigenvalue weighted by atomic mass is 9.85. The van der Waals surface area contributed by atoms with Crippen LogP contribution in [0.25, 0.3) is 0 Å². The SMILES string of the molecule is CC(C)(C)c1cc(Cl)ncc1C=NO. The van der Waals surface area contributed by atoms with E-state index in [0.717, 1.165) is 11.1 Å². The van der Waals surface area contributed by atoms with Crippen molar-refractivity contribution in [3.8, 4) is 0 Å². The maximum atomic E-state index is 8.49. The minimum absolute atomic E-state index is 0.0525. The summed E-state index contributed by atoms with van der Waals surface area (Å²) in [6, 6.07) is 1.79. The van der Waals surface area contributed by atoms with Crippen LogP contribution in [0.2, 0.25) is 5.15 Å². The molecule has 0 bridgehead atoms. The van der Waals surface area contributed by atoms with E-state index >= 15 is 0 Å². The molecule has 1 rings (SSSR count). The second kappa shape index (κ2) is 3.96. The van der Waals surface area contributed by atoms with E-state index in [-0.39, 0.29) is 5.41 Å². The molecule has 1 aromatic rings. The Hall–Kier alpha value is -1.09. The summed E-state index contributed by atoms with van der Waals surface area (Å²) >= 11 is 5.80. The Morgan fingerprint density at radius 3 is 2.64 bits per heavy atom. The number of pyridine rings is 1. The maximum absolute atomic E-state index is 8.49. The molecule has 0 aliphatic heterocycles. The molecule has 0 saturated carbocycles. The Labute approximate surface area is 88.4 Å². The molecule has 4 heteroatoms. The molecule has 0 aromatic carbocycles. The van der Waals surface area contributed by atoms with Crippen molar-refractivity contribution in [2.45, 2.75) is 26.2 Å². The number of aromatic nitrogens is 1. The number of nitrogens with zero attached hydrogens (tertiary/aromatic N) is 2. The van der Waals surface area contributed by atoms with E-state index < -0.39 is 0 Å². The molecule has 1 aromatic heterocycles. The topological polar surface area (TPSA) is 45.5 Å². The fourth-order valence-corrected chi connectivity index (χ4v) is 1.41. The van der Waals surface area contributed by atoms with E-state index in [1.54, 1.807) is 12.3 Å². The summed E-state index contributed by atoms with van der Waals surface area (Å²) < 4.78 is 0. The molecule has 0 saturated heterocycles. The second-order valence-corrected chi connectivity index (χ2v) is 4.48. The molecule has 0 radical (unpaired) electrons. The average molecular weight is 213 g/mol. The van der Waals surface area contributed by atoms with Gasteiger partial charge in [-0.1, -0.05) is 37.5 Å². The molecular weight excluding hydrogens is 200 g/mol. The van der Waals surface area contributed by atoms with Crippen molar-refractivity contribution >= 4 is 17.8 Å². The van der Waals surface area contributed by atoms with Crippen LogP contribution in [0, 0.1) is 0 Å². The highest BCUT2D eigenvalue weighted by Gasteiger charge is 2.18. The first-order chi connectivity index (χ1) is 6.45. The maximum Gasteiger partial charge on any atom is 0.129 e. The minimum Gasteiger partial charge on any atom is -0.411 e. The quantitative estimate of drug-likeness (QED) is 0.337. The molecular formula is C10H13ClN2O. The molecule has 0 aliphatic carbocycles. The Morgan fingerprint density at radius 2 is 2.14 bits per heavy atom. The number of hydrogen-bond donors (Lipinski definition) is 1. The monoisotopic (exact) mass is 212 g/mol. The van der Waals surface area contributed by atoms with Gasteiger partial charge in [0.25, 0.3) is 0 Å². The van der Waals surface area contributed by atoms with E-state index in [0.29, 0.717) is 5.15 Å². The third-order valence-corrected chi connectivity index (χ3v) is 2.11. The molecule has 1 heterocycles. The van der Waals surface area contributed by atoms with Crippen molar-refractivity contribution in [3.05, 3.63) is 28.5 Å². The zero-order valence-electron chi connectivity index (χ0n) is 8.45. The third kappa shape index (κ3) is 2.45. The predicted molar refractivity (Wildman–Crippen MR) is 57.3 cm³/mol. The fourth-order valence-electron chi connectivity index (χ4n) is 1.26. The summed E-state index contributed by atoms with van der Waals surface area (Å²) in [5, 5.41) is 11.9. The van der Waals surface area contributed by atoms with Gasteiger partial charge in [-0.15, -0.1) is 0 Å². The zero-order chi connectivity index (χ0) is 10.8. The first-order valence-corrected chi connectivity index (χ1v) is 4.66. The predicted octanol–water partition coefficient (Wildman–Crippen LogP) is 2.84. The van der Waals surface area contributed by atoms with Crippen LogP contribution in [-0.2, 0) is 5.41 Å². The molecule has 3 nitrogen and oxygen atoms in total. The number of hydrogen-bond acceptors (Lipinski definition) is 3. The zero-order valence-corrected chi connectivity index (χ0v) is 9.21. The standard InChI is InChI=1S/C10H13ClN2O/c1-10(2,3)8-4-9(11)12-5-7(8)6-13-14/h4-6,14H,1-3H3. The molecule has 0 fully saturated rings. The van der Waals surface area contributed by atoms with E-state index in [1.165, 1.54) is 6.21 Å². The summed E-state index contributed by atoms with van der Waals surface area (Å²) in [6.07, 6.45) is 2.96. The van der Waals surface area contributed by atoms with Crippen LogP contribution in [0.15, 0.2) is 17.4 Å². The number of oxime groups is 1. The highest BCUT2D eigenvalue weighted by atomic mass is 35.5. The van der Waals surface area contributed by atoms with Crippen molar-refractivity contribution in [2.75, 3.05) is 0 Å². The summed E-state index contributed by atoms with van der Waals surface area (Å²) in [5.41, 5.74) is 1.74. The third-order valence-electron chi connectivity index (χ3n) is 1.91. The molecule has 0 unspecified atom stereocenters. The lowest BCUT2D eigenvalue weighted by Crippen LogP contribution is -2.14. The van der Waals surface area contributed by atoms with Crippen LogP contribution >= 0.6 is 11.6 Å². The van der Waals surface area contributed by atoms with Gasteiger partial charge in [0, 0.05) is 11.8 Å². The van der Waals surface area contributed by atoms with Gasteiger partial charge in [0.15, 0.2) is 0 Å². The van der Waals surface area contributed by atoms with Crippen molar-refractivity contribution < 1.29 is 5.21 Å². The smallest absolute Gasteiger partial charge is 0.129 e. The van der Waals surface area contributed by atoms with Crippen LogP contribution in [-0.4, -0.2) is 16.4 Å². The van der Waals surface area contributed by atoms with Gasteiger partial charge in [0.05, 0.1) is 6.21 Å². The van der Waals surface area contributed by atoms with Gasteiger partial charge in [0.1, 0.15) is 5.15 Å². The van der Waals surface area contributed by atoms with Gasteiger partial charge in [-0.2, -0.15) is 0 Å². The van der Waals surface area contributed by atoms with Crippen LogP contribution < -0.4 is 0 Å². The van der Waals surface area contributed by atoms with Gasteiger partial charge in [-0.3, -0.25) is 0 Å².